The first-order valence-electron chi connectivity index (χ1n) is 7.86. The molecule has 6 heteroatoms. The Morgan fingerprint density at radius 3 is 2.88 bits per heavy atom. The summed E-state index contributed by atoms with van der Waals surface area (Å²) >= 11 is 1.57. The molecule has 1 fully saturated rings. The predicted octanol–water partition coefficient (Wildman–Crippen LogP) is 4.66. The summed E-state index contributed by atoms with van der Waals surface area (Å²) in [6.07, 6.45) is 5.22. The van der Waals surface area contributed by atoms with Gasteiger partial charge in [-0.3, -0.25) is 0 Å². The number of allylic oxidation sites excluding steroid dienone is 1. The van der Waals surface area contributed by atoms with Crippen LogP contribution >= 0.6 is 11.3 Å². The average molecular weight is 345 g/mol. The van der Waals surface area contributed by atoms with Crippen molar-refractivity contribution in [1.82, 2.24) is 4.98 Å². The minimum atomic E-state index is -0.993. The van der Waals surface area contributed by atoms with Crippen molar-refractivity contribution in [2.24, 2.45) is 0 Å². The Kier molecular flexibility index (Phi) is 4.85. The fraction of sp³-hybridized carbons (Fsp3) is 0.333. The van der Waals surface area contributed by atoms with Crippen LogP contribution in [0.25, 0.3) is 10.6 Å². The van der Waals surface area contributed by atoms with Gasteiger partial charge in [0.2, 0.25) is 0 Å². The van der Waals surface area contributed by atoms with Crippen molar-refractivity contribution >= 4 is 17.3 Å². The zero-order chi connectivity index (χ0) is 17.1. The maximum atomic E-state index is 11.4. The molecule has 2 heterocycles. The van der Waals surface area contributed by atoms with Gasteiger partial charge in [-0.25, -0.2) is 9.78 Å². The lowest BCUT2D eigenvalue weighted by Gasteiger charge is -2.06. The monoisotopic (exact) mass is 345 g/mol. The van der Waals surface area contributed by atoms with Crippen LogP contribution in [0.3, 0.4) is 0 Å². The van der Waals surface area contributed by atoms with Gasteiger partial charge in [-0.1, -0.05) is 13.8 Å². The van der Waals surface area contributed by atoms with Crippen LogP contribution in [0.5, 0.6) is 5.75 Å². The molecule has 0 radical (unpaired) electrons. The number of ether oxygens (including phenoxy) is 2. The highest BCUT2D eigenvalue weighted by Gasteiger charge is 2.14. The minimum absolute atomic E-state index is 0.175. The van der Waals surface area contributed by atoms with E-state index >= 15 is 0 Å². The Morgan fingerprint density at radius 1 is 1.42 bits per heavy atom. The Bertz CT molecular complexity index is 771. The number of carboxylic acids is 1. The standard InChI is InChI=1S/C18H19NO4S/c1-11(2)16-9-19-17(24-16)12-6-13(18(20)21)8-15(7-12)23-10-14-4-3-5-22-14/h6-11H,3-5H2,1-2H3,(H,20,21)/b14-10+. The highest BCUT2D eigenvalue weighted by atomic mass is 32.1. The molecule has 1 aromatic heterocycles. The van der Waals surface area contributed by atoms with Gasteiger partial charge in [-0.15, -0.1) is 11.3 Å². The highest BCUT2D eigenvalue weighted by molar-refractivity contribution is 7.15. The molecule has 1 aliphatic rings. The molecule has 0 spiro atoms. The third kappa shape index (κ3) is 3.76. The second kappa shape index (κ2) is 7.05. The van der Waals surface area contributed by atoms with Crippen LogP contribution < -0.4 is 4.74 Å². The number of carboxylic acid groups (broad SMARTS) is 1. The Morgan fingerprint density at radius 2 is 2.25 bits per heavy atom. The lowest BCUT2D eigenvalue weighted by Crippen LogP contribution is -1.98. The number of carbonyl (C=O) groups is 1. The quantitative estimate of drug-likeness (QED) is 0.798. The SMILES string of the molecule is CC(C)c1cnc(-c2cc(O/C=C3\CCCO3)cc(C(=O)O)c2)s1. The van der Waals surface area contributed by atoms with E-state index in [9.17, 15) is 9.90 Å². The van der Waals surface area contributed by atoms with Crippen LogP contribution in [-0.2, 0) is 4.74 Å². The Labute approximate surface area is 144 Å². The maximum absolute atomic E-state index is 11.4. The lowest BCUT2D eigenvalue weighted by atomic mass is 10.1. The summed E-state index contributed by atoms with van der Waals surface area (Å²) in [4.78, 5) is 17.0. The molecule has 24 heavy (non-hydrogen) atoms. The molecule has 5 nitrogen and oxygen atoms in total. The Balaban J connectivity index is 1.92. The van der Waals surface area contributed by atoms with Gasteiger partial charge in [0.15, 0.2) is 0 Å². The van der Waals surface area contributed by atoms with E-state index in [4.69, 9.17) is 9.47 Å². The maximum Gasteiger partial charge on any atom is 0.335 e. The average Bonchev–Trinajstić information content (AvgIpc) is 3.24. The summed E-state index contributed by atoms with van der Waals surface area (Å²) in [6, 6.07) is 4.94. The van der Waals surface area contributed by atoms with Crippen molar-refractivity contribution < 1.29 is 19.4 Å². The van der Waals surface area contributed by atoms with Gasteiger partial charge in [-0.05, 0) is 30.5 Å². The van der Waals surface area contributed by atoms with Crippen molar-refractivity contribution in [3.05, 3.63) is 46.9 Å². The molecule has 1 aromatic carbocycles. The van der Waals surface area contributed by atoms with Gasteiger partial charge < -0.3 is 14.6 Å². The molecule has 0 unspecified atom stereocenters. The van der Waals surface area contributed by atoms with Crippen LogP contribution in [-0.4, -0.2) is 22.7 Å². The number of rotatable bonds is 5. The molecule has 3 rings (SSSR count). The van der Waals surface area contributed by atoms with Crippen LogP contribution in [0.4, 0.5) is 0 Å². The molecule has 0 aliphatic carbocycles. The zero-order valence-corrected chi connectivity index (χ0v) is 14.4. The third-order valence-corrected chi connectivity index (χ3v) is 5.02. The molecule has 1 N–H and O–H groups in total. The van der Waals surface area contributed by atoms with Gasteiger partial charge >= 0.3 is 5.97 Å². The first-order chi connectivity index (χ1) is 11.5. The molecule has 126 valence electrons. The molecule has 0 atom stereocenters. The first-order valence-corrected chi connectivity index (χ1v) is 8.67. The number of nitrogens with zero attached hydrogens (tertiary/aromatic N) is 1. The molecule has 0 saturated carbocycles. The summed E-state index contributed by atoms with van der Waals surface area (Å²) < 4.78 is 11.0. The summed E-state index contributed by atoms with van der Waals surface area (Å²) in [6.45, 7) is 4.91. The van der Waals surface area contributed by atoms with E-state index in [2.05, 4.69) is 18.8 Å². The molecule has 0 bridgehead atoms. The third-order valence-electron chi connectivity index (χ3n) is 3.67. The van der Waals surface area contributed by atoms with Crippen molar-refractivity contribution in [1.29, 1.82) is 0 Å². The molecule has 2 aromatic rings. The number of hydrogen-bond acceptors (Lipinski definition) is 5. The second-order valence-electron chi connectivity index (χ2n) is 5.93. The summed E-state index contributed by atoms with van der Waals surface area (Å²) in [5.41, 5.74) is 0.919. The van der Waals surface area contributed by atoms with Crippen molar-refractivity contribution in [3.8, 4) is 16.3 Å². The zero-order valence-electron chi connectivity index (χ0n) is 13.6. The van der Waals surface area contributed by atoms with E-state index in [0.29, 0.717) is 18.3 Å². The van der Waals surface area contributed by atoms with Gasteiger partial charge in [0, 0.05) is 23.1 Å². The summed E-state index contributed by atoms with van der Waals surface area (Å²) in [5, 5.41) is 10.1. The summed E-state index contributed by atoms with van der Waals surface area (Å²) in [7, 11) is 0. The normalized spacial score (nSPS) is 15.7. The van der Waals surface area contributed by atoms with Gasteiger partial charge in [-0.2, -0.15) is 0 Å². The molecule has 0 amide bonds. The van der Waals surface area contributed by atoms with Crippen LogP contribution in [0.2, 0.25) is 0 Å². The lowest BCUT2D eigenvalue weighted by molar-refractivity contribution is 0.0696. The van der Waals surface area contributed by atoms with Crippen molar-refractivity contribution in [3.63, 3.8) is 0 Å². The topological polar surface area (TPSA) is 68.7 Å². The van der Waals surface area contributed by atoms with E-state index in [-0.39, 0.29) is 5.56 Å². The molecule has 1 saturated heterocycles. The highest BCUT2D eigenvalue weighted by Crippen LogP contribution is 2.32. The first kappa shape index (κ1) is 16.5. The number of benzene rings is 1. The van der Waals surface area contributed by atoms with Crippen molar-refractivity contribution in [2.75, 3.05) is 6.61 Å². The fourth-order valence-corrected chi connectivity index (χ4v) is 3.26. The summed E-state index contributed by atoms with van der Waals surface area (Å²) in [5.74, 6) is 0.647. The van der Waals surface area contributed by atoms with Gasteiger partial charge in [0.1, 0.15) is 22.8 Å². The molecular formula is C18H19NO4S. The van der Waals surface area contributed by atoms with Crippen LogP contribution in [0, 0.1) is 0 Å². The van der Waals surface area contributed by atoms with E-state index in [1.807, 2.05) is 6.20 Å². The van der Waals surface area contributed by atoms with Gasteiger partial charge in [0.25, 0.3) is 0 Å². The largest absolute Gasteiger partial charge is 0.495 e. The smallest absolute Gasteiger partial charge is 0.335 e. The number of aromatic nitrogens is 1. The number of aromatic carboxylic acids is 1. The number of thiazole rings is 1. The van der Waals surface area contributed by atoms with E-state index in [1.54, 1.807) is 29.7 Å². The van der Waals surface area contributed by atoms with E-state index in [0.717, 1.165) is 34.0 Å². The second-order valence-corrected chi connectivity index (χ2v) is 6.99. The van der Waals surface area contributed by atoms with Crippen LogP contribution in [0.15, 0.2) is 36.4 Å². The predicted molar refractivity (Wildman–Crippen MR) is 92.5 cm³/mol. The fourth-order valence-electron chi connectivity index (χ4n) is 2.35. The van der Waals surface area contributed by atoms with Crippen molar-refractivity contribution in [2.45, 2.75) is 32.6 Å². The minimum Gasteiger partial charge on any atom is -0.495 e. The van der Waals surface area contributed by atoms with E-state index in [1.165, 1.54) is 6.07 Å². The molecular weight excluding hydrogens is 326 g/mol. The number of hydrogen-bond donors (Lipinski definition) is 1. The Hall–Kier alpha value is -2.34. The molecule has 1 aliphatic heterocycles. The van der Waals surface area contributed by atoms with Crippen LogP contribution in [0.1, 0.15) is 47.8 Å². The van der Waals surface area contributed by atoms with E-state index < -0.39 is 5.97 Å². The van der Waals surface area contributed by atoms with Gasteiger partial charge in [0.05, 0.1) is 12.2 Å².